The number of anilines is 1. The first-order valence-electron chi connectivity index (χ1n) is 8.32. The van der Waals surface area contributed by atoms with Crippen LogP contribution in [-0.4, -0.2) is 33.2 Å². The topological polar surface area (TPSA) is 75.8 Å². The molecule has 2 rings (SSSR count). The number of hydrogen-bond acceptors (Lipinski definition) is 4. The third-order valence-corrected chi connectivity index (χ3v) is 4.32. The minimum atomic E-state index is -0.270. The van der Waals surface area contributed by atoms with Gasteiger partial charge in [0, 0.05) is 11.3 Å². The number of nitriles is 1. The van der Waals surface area contributed by atoms with Crippen molar-refractivity contribution in [1.82, 2.24) is 0 Å². The number of rotatable bonds is 7. The molecule has 1 amide bonds. The first kappa shape index (κ1) is 19.3. The van der Waals surface area contributed by atoms with Crippen molar-refractivity contribution in [2.45, 2.75) is 19.5 Å². The second-order valence-electron chi connectivity index (χ2n) is 6.12. The Morgan fingerprint density at radius 1 is 1.19 bits per heavy atom. The monoisotopic (exact) mass is 354 g/mol. The smallest absolute Gasteiger partial charge is 0.282 e. The van der Waals surface area contributed by atoms with Crippen LogP contribution in [0.25, 0.3) is 0 Å². The first-order chi connectivity index (χ1) is 12.5. The van der Waals surface area contributed by atoms with Gasteiger partial charge in [0.15, 0.2) is 17.5 Å². The summed E-state index contributed by atoms with van der Waals surface area (Å²) in [5.41, 5.74) is 2.19. The maximum absolute atomic E-state index is 12.5. The predicted molar refractivity (Wildman–Crippen MR) is 99.4 cm³/mol. The van der Waals surface area contributed by atoms with Crippen molar-refractivity contribution in [3.63, 3.8) is 0 Å². The highest BCUT2D eigenvalue weighted by atomic mass is 16.5. The highest BCUT2D eigenvalue weighted by molar-refractivity contribution is 5.93. The normalized spacial score (nSPS) is 12.6. The molecule has 0 bridgehead atoms. The second kappa shape index (κ2) is 8.88. The highest BCUT2D eigenvalue weighted by Crippen LogP contribution is 2.27. The molecule has 0 aromatic heterocycles. The average molecular weight is 354 g/mol. The molecule has 26 heavy (non-hydrogen) atoms. The van der Waals surface area contributed by atoms with Crippen molar-refractivity contribution in [2.24, 2.45) is 0 Å². The standard InChI is InChI=1S/C20H23N3O3/c1-14(20(24)22-17-7-5-6-15(10-17)12-21)23(2)13-16-8-9-18(25-3)19(11-16)26-4/h5-11,14H,13H2,1-4H3,(H,22,24)/p+1/t14-/m0/s1. The molecular weight excluding hydrogens is 330 g/mol. The van der Waals surface area contributed by atoms with Crippen LogP contribution in [0.15, 0.2) is 42.5 Å². The molecule has 0 saturated heterocycles. The van der Waals surface area contributed by atoms with E-state index < -0.39 is 0 Å². The SMILES string of the molecule is COc1ccc(C[NH+](C)[C@@H](C)C(=O)Nc2cccc(C#N)c2)cc1OC. The lowest BCUT2D eigenvalue weighted by Crippen LogP contribution is -3.12. The van der Waals surface area contributed by atoms with Crippen molar-refractivity contribution >= 4 is 11.6 Å². The number of benzene rings is 2. The van der Waals surface area contributed by atoms with E-state index in [9.17, 15) is 4.79 Å². The van der Waals surface area contributed by atoms with Gasteiger partial charge in [-0.2, -0.15) is 5.26 Å². The number of nitrogens with zero attached hydrogens (tertiary/aromatic N) is 1. The number of carbonyl (C=O) groups is 1. The zero-order valence-corrected chi connectivity index (χ0v) is 15.5. The number of carbonyl (C=O) groups excluding carboxylic acids is 1. The van der Waals surface area contributed by atoms with Gasteiger partial charge in [0.25, 0.3) is 5.91 Å². The van der Waals surface area contributed by atoms with Crippen LogP contribution in [0.1, 0.15) is 18.1 Å². The lowest BCUT2D eigenvalue weighted by Gasteiger charge is -2.21. The molecule has 6 heteroatoms. The minimum absolute atomic E-state index is 0.0990. The second-order valence-corrected chi connectivity index (χ2v) is 6.12. The lowest BCUT2D eigenvalue weighted by atomic mass is 10.1. The fraction of sp³-hybridized carbons (Fsp3) is 0.300. The van der Waals surface area contributed by atoms with Crippen LogP contribution in [0, 0.1) is 11.3 Å². The van der Waals surface area contributed by atoms with E-state index in [1.165, 1.54) is 0 Å². The fourth-order valence-corrected chi connectivity index (χ4v) is 2.61. The Bertz CT molecular complexity index is 814. The molecule has 2 aromatic rings. The zero-order valence-electron chi connectivity index (χ0n) is 15.5. The Labute approximate surface area is 153 Å². The third-order valence-electron chi connectivity index (χ3n) is 4.32. The van der Waals surface area contributed by atoms with Crippen LogP contribution in [0.2, 0.25) is 0 Å². The number of quaternary nitrogens is 1. The van der Waals surface area contributed by atoms with Crippen LogP contribution in [0.3, 0.4) is 0 Å². The summed E-state index contributed by atoms with van der Waals surface area (Å²) < 4.78 is 10.6. The summed E-state index contributed by atoms with van der Waals surface area (Å²) in [5.74, 6) is 1.25. The Morgan fingerprint density at radius 2 is 1.92 bits per heavy atom. The van der Waals surface area contributed by atoms with Crippen molar-refractivity contribution in [3.05, 3.63) is 53.6 Å². The van der Waals surface area contributed by atoms with Crippen molar-refractivity contribution in [2.75, 3.05) is 26.6 Å². The van der Waals surface area contributed by atoms with Crippen molar-refractivity contribution in [3.8, 4) is 17.6 Å². The first-order valence-corrected chi connectivity index (χ1v) is 8.32. The third kappa shape index (κ3) is 4.74. The summed E-state index contributed by atoms with van der Waals surface area (Å²) in [7, 11) is 5.17. The number of hydrogen-bond donors (Lipinski definition) is 2. The summed E-state index contributed by atoms with van der Waals surface area (Å²) in [6.07, 6.45) is 0. The molecule has 0 fully saturated rings. The van der Waals surface area contributed by atoms with E-state index in [0.29, 0.717) is 29.3 Å². The Hall–Kier alpha value is -3.04. The molecule has 2 N–H and O–H groups in total. The van der Waals surface area contributed by atoms with Gasteiger partial charge >= 0.3 is 0 Å². The molecule has 0 radical (unpaired) electrons. The van der Waals surface area contributed by atoms with Crippen LogP contribution in [0.4, 0.5) is 5.69 Å². The summed E-state index contributed by atoms with van der Waals surface area (Å²) in [6, 6.07) is 14.4. The van der Waals surface area contributed by atoms with Crippen molar-refractivity contribution in [1.29, 1.82) is 5.26 Å². The van der Waals surface area contributed by atoms with E-state index in [2.05, 4.69) is 11.4 Å². The molecule has 2 atom stereocenters. The van der Waals surface area contributed by atoms with Gasteiger partial charge in [-0.3, -0.25) is 4.79 Å². The van der Waals surface area contributed by atoms with Crippen LogP contribution in [-0.2, 0) is 11.3 Å². The molecule has 2 aromatic carbocycles. The van der Waals surface area contributed by atoms with Crippen molar-refractivity contribution < 1.29 is 19.2 Å². The quantitative estimate of drug-likeness (QED) is 0.792. The number of ether oxygens (including phenoxy) is 2. The van der Waals surface area contributed by atoms with Gasteiger partial charge in [-0.15, -0.1) is 0 Å². The summed E-state index contributed by atoms with van der Waals surface area (Å²) in [4.78, 5) is 13.5. The summed E-state index contributed by atoms with van der Waals surface area (Å²) >= 11 is 0. The maximum Gasteiger partial charge on any atom is 0.282 e. The van der Waals surface area contributed by atoms with Gasteiger partial charge in [-0.1, -0.05) is 6.07 Å². The van der Waals surface area contributed by atoms with Crippen LogP contribution >= 0.6 is 0 Å². The van der Waals surface area contributed by atoms with Gasteiger partial charge in [0.05, 0.1) is 32.9 Å². The fourth-order valence-electron chi connectivity index (χ4n) is 2.61. The lowest BCUT2D eigenvalue weighted by molar-refractivity contribution is -0.907. The van der Waals surface area contributed by atoms with Gasteiger partial charge in [0.2, 0.25) is 0 Å². The van der Waals surface area contributed by atoms with E-state index in [4.69, 9.17) is 14.7 Å². The Kier molecular flexibility index (Phi) is 6.59. The molecule has 0 aliphatic carbocycles. The summed E-state index contributed by atoms with van der Waals surface area (Å²) in [5, 5.41) is 11.8. The Balaban J connectivity index is 2.03. The number of methoxy groups -OCH3 is 2. The summed E-state index contributed by atoms with van der Waals surface area (Å²) in [6.45, 7) is 2.53. The van der Waals surface area contributed by atoms with Gasteiger partial charge in [-0.05, 0) is 43.3 Å². The largest absolute Gasteiger partial charge is 0.493 e. The van der Waals surface area contributed by atoms with E-state index in [1.54, 1.807) is 38.5 Å². The van der Waals surface area contributed by atoms with Gasteiger partial charge in [-0.25, -0.2) is 0 Å². The van der Waals surface area contributed by atoms with Crippen LogP contribution in [0.5, 0.6) is 11.5 Å². The van der Waals surface area contributed by atoms with Gasteiger partial charge in [0.1, 0.15) is 6.54 Å². The molecule has 6 nitrogen and oxygen atoms in total. The number of amides is 1. The number of nitrogens with one attached hydrogen (secondary N) is 2. The highest BCUT2D eigenvalue weighted by Gasteiger charge is 2.22. The molecule has 136 valence electrons. The van der Waals surface area contributed by atoms with E-state index in [0.717, 1.165) is 10.5 Å². The molecule has 0 heterocycles. The number of likely N-dealkylation sites (N-methyl/N-ethyl adjacent to an activating group) is 1. The molecule has 0 aliphatic heterocycles. The van der Waals surface area contributed by atoms with Gasteiger partial charge < -0.3 is 19.7 Å². The molecule has 0 spiro atoms. The average Bonchev–Trinajstić information content (AvgIpc) is 2.67. The maximum atomic E-state index is 12.5. The van der Waals surface area contributed by atoms with E-state index in [1.807, 2.05) is 32.2 Å². The Morgan fingerprint density at radius 3 is 2.58 bits per heavy atom. The van der Waals surface area contributed by atoms with E-state index in [-0.39, 0.29) is 11.9 Å². The molecule has 0 aliphatic rings. The zero-order chi connectivity index (χ0) is 19.1. The molecule has 1 unspecified atom stereocenters. The molecule has 0 saturated carbocycles. The minimum Gasteiger partial charge on any atom is -0.493 e. The predicted octanol–water partition coefficient (Wildman–Crippen LogP) is 1.62. The van der Waals surface area contributed by atoms with Crippen LogP contribution < -0.4 is 19.7 Å². The molecular formula is C20H24N3O3+. The van der Waals surface area contributed by atoms with E-state index >= 15 is 0 Å².